The van der Waals surface area contributed by atoms with Crippen LogP contribution in [-0.2, 0) is 0 Å². The Morgan fingerprint density at radius 3 is 0.206 bits per heavy atom. The molecule has 0 aromatic rings. The summed E-state index contributed by atoms with van der Waals surface area (Å²) >= 11 is 101. The van der Waals surface area contributed by atoms with Crippen molar-refractivity contribution in [3.8, 4) is 0 Å². The molecule has 0 fully saturated rings. The van der Waals surface area contributed by atoms with Gasteiger partial charge in [-0.25, -0.2) is 0 Å². The minimum atomic E-state index is -0.750. The van der Waals surface area contributed by atoms with Crippen LogP contribution in [0.25, 0.3) is 0 Å². The fourth-order valence-corrected chi connectivity index (χ4v) is 0. The van der Waals surface area contributed by atoms with E-state index < -0.39 is 30.1 Å². The first kappa shape index (κ1) is 67.6. The Balaban J connectivity index is -0.0000000238. The summed E-state index contributed by atoms with van der Waals surface area (Å²) in [6.45, 7) is 0. The summed E-state index contributed by atoms with van der Waals surface area (Å²) in [4.78, 5) is 0. The van der Waals surface area contributed by atoms with Crippen molar-refractivity contribution >= 4 is 244 Å². The van der Waals surface area contributed by atoms with E-state index in [1.54, 1.807) is 0 Å². The Hall–Kier alpha value is 5.97. The van der Waals surface area contributed by atoms with Crippen molar-refractivity contribution < 1.29 is 15.3 Å². The normalized spacial score (nSPS) is 7.94. The van der Waals surface area contributed by atoms with Crippen LogP contribution in [-0.4, -0.2) is 66.7 Å². The number of hydrogen-bond acceptors (Lipinski definition) is 3. The van der Waals surface area contributed by atoms with Gasteiger partial charge in [-0.15, -0.1) is 0 Å². The Labute approximate surface area is 306 Å². The van der Waals surface area contributed by atoms with Crippen LogP contribution in [0.5, 0.6) is 0 Å². The van der Waals surface area contributed by atoms with E-state index in [2.05, 4.69) is 0 Å². The van der Waals surface area contributed by atoms with E-state index >= 15 is 0 Å². The van der Waals surface area contributed by atoms with Gasteiger partial charge in [-0.2, -0.15) is 0 Å². The average molecular weight is 932 g/mol. The fraction of sp³-hybridized carbons (Fsp3) is 1.00. The second-order valence-electron chi connectivity index (χ2n) is 1.73. The Kier molecular flexibility index (Phi) is 154. The van der Waals surface area contributed by atoms with Crippen molar-refractivity contribution in [2.24, 2.45) is 0 Å². The molecule has 34 heavy (non-hydrogen) atoms. The van der Waals surface area contributed by atoms with Crippen LogP contribution in [0.4, 0.5) is 0 Å². The molecular formula is C10H19Cl21O3. The van der Waals surface area contributed by atoms with Crippen LogP contribution in [0.15, 0.2) is 0 Å². The number of halogens is 21. The highest BCUT2D eigenvalue weighted by atomic mass is 35.6. The van der Waals surface area contributed by atoms with E-state index in [9.17, 15) is 0 Å². The lowest BCUT2D eigenvalue weighted by atomic mass is 11.8. The molecule has 0 heterocycles. The molecule has 0 rings (SSSR count). The van der Waals surface area contributed by atoms with Crippen molar-refractivity contribution in [2.75, 3.05) is 21.3 Å². The summed E-state index contributed by atoms with van der Waals surface area (Å²) in [6.07, 6.45) is 0. The summed E-state index contributed by atoms with van der Waals surface area (Å²) in [5.74, 6) is 0. The van der Waals surface area contributed by atoms with Crippen molar-refractivity contribution in [1.29, 1.82) is 0 Å². The van der Waals surface area contributed by atoms with Crippen molar-refractivity contribution in [2.45, 2.75) is 30.1 Å². The van der Waals surface area contributed by atoms with Gasteiger partial charge in [0.25, 0.3) is 0 Å². The molecule has 0 aromatic heterocycles. The fourth-order valence-electron chi connectivity index (χ4n) is 0. The van der Waals surface area contributed by atoms with E-state index in [-0.39, 0.29) is 0 Å². The standard InChI is InChI=1S/7CHCl3.3CH4O/c7*2-1(3)4;3*1-2/h7*1H;3*2H,1H3. The molecule has 0 aliphatic rings. The zero-order valence-electron chi connectivity index (χ0n) is 16.3. The third kappa shape index (κ3) is 1460. The van der Waals surface area contributed by atoms with E-state index in [0.29, 0.717) is 0 Å². The summed E-state index contributed by atoms with van der Waals surface area (Å²) < 4.78 is -5.25. The lowest BCUT2D eigenvalue weighted by Crippen LogP contribution is -1.55. The van der Waals surface area contributed by atoms with Gasteiger partial charge in [-0.3, -0.25) is 0 Å². The molecule has 0 aromatic carbocycles. The Morgan fingerprint density at radius 1 is 0.206 bits per heavy atom. The van der Waals surface area contributed by atoms with Crippen molar-refractivity contribution in [3.05, 3.63) is 0 Å². The lowest BCUT2D eigenvalue weighted by Gasteiger charge is -1.69. The lowest BCUT2D eigenvalue weighted by molar-refractivity contribution is 0.399. The average Bonchev–Trinajstić information content (AvgIpc) is 2.56. The Morgan fingerprint density at radius 2 is 0.206 bits per heavy atom. The van der Waals surface area contributed by atoms with Crippen molar-refractivity contribution in [1.82, 2.24) is 0 Å². The molecule has 0 saturated heterocycles. The van der Waals surface area contributed by atoms with Gasteiger partial charge < -0.3 is 15.3 Å². The van der Waals surface area contributed by atoms with Crippen LogP contribution < -0.4 is 0 Å². The second-order valence-corrected chi connectivity index (χ2v) is 15.6. The maximum absolute atomic E-state index is 7.00. The number of rotatable bonds is 0. The number of hydrogen-bond donors (Lipinski definition) is 3. The van der Waals surface area contributed by atoms with E-state index in [0.717, 1.165) is 21.3 Å². The molecule has 24 heteroatoms. The predicted molar refractivity (Wildman–Crippen MR) is 174 cm³/mol. The van der Waals surface area contributed by atoms with Gasteiger partial charge >= 0.3 is 0 Å². The van der Waals surface area contributed by atoms with Gasteiger partial charge in [-0.1, -0.05) is 244 Å². The van der Waals surface area contributed by atoms with E-state index in [4.69, 9.17) is 259 Å². The highest BCUT2D eigenvalue weighted by Crippen LogP contribution is 2.06. The summed E-state index contributed by atoms with van der Waals surface area (Å²) in [5, 5.41) is 21.0. The van der Waals surface area contributed by atoms with Crippen LogP contribution in [0.3, 0.4) is 0 Å². The van der Waals surface area contributed by atoms with Crippen LogP contribution in [0, 0.1) is 0 Å². The van der Waals surface area contributed by atoms with E-state index in [1.807, 2.05) is 0 Å². The van der Waals surface area contributed by atoms with Gasteiger partial charge in [0.2, 0.25) is 0 Å². The minimum Gasteiger partial charge on any atom is -0.400 e. The molecule has 0 aliphatic heterocycles. The third-order valence-corrected chi connectivity index (χ3v) is 0. The largest absolute Gasteiger partial charge is 0.400 e. The van der Waals surface area contributed by atoms with Crippen LogP contribution in [0.1, 0.15) is 0 Å². The summed E-state index contributed by atoms with van der Waals surface area (Å²) in [7, 11) is 3.00. The molecular weight excluding hydrogens is 913 g/mol. The van der Waals surface area contributed by atoms with Gasteiger partial charge in [0, 0.05) is 21.3 Å². The third-order valence-electron chi connectivity index (χ3n) is 0. The molecule has 0 aliphatic carbocycles. The zero-order chi connectivity index (χ0) is 31.0. The molecule has 0 unspecified atom stereocenters. The van der Waals surface area contributed by atoms with Crippen molar-refractivity contribution in [3.63, 3.8) is 0 Å². The zero-order valence-corrected chi connectivity index (χ0v) is 32.2. The van der Waals surface area contributed by atoms with Crippen LogP contribution in [0.2, 0.25) is 0 Å². The summed E-state index contributed by atoms with van der Waals surface area (Å²) in [5.41, 5.74) is 0. The maximum atomic E-state index is 7.00. The number of alkyl halides is 21. The summed E-state index contributed by atoms with van der Waals surface area (Å²) in [6, 6.07) is 0. The molecule has 0 amide bonds. The molecule has 3 nitrogen and oxygen atoms in total. The molecule has 0 saturated carbocycles. The van der Waals surface area contributed by atoms with Gasteiger partial charge in [0.05, 0.1) is 0 Å². The molecule has 224 valence electrons. The first-order valence-electron chi connectivity index (χ1n) is 5.92. The monoisotopic (exact) mass is 921 g/mol. The van der Waals surface area contributed by atoms with E-state index in [1.165, 1.54) is 0 Å². The first-order valence-corrected chi connectivity index (χ1v) is 15.1. The van der Waals surface area contributed by atoms with Gasteiger partial charge in [0.1, 0.15) is 0 Å². The predicted octanol–water partition coefficient (Wildman–Crippen LogP) is 12.7. The minimum absolute atomic E-state index is 0.750. The van der Waals surface area contributed by atoms with Crippen LogP contribution >= 0.6 is 244 Å². The number of aliphatic hydroxyl groups is 3. The smallest absolute Gasteiger partial charge is 0.180 e. The molecule has 0 atom stereocenters. The highest BCUT2D eigenvalue weighted by molar-refractivity contribution is 6.65. The quantitative estimate of drug-likeness (QED) is 0.212. The Bertz CT molecular complexity index is 135. The second kappa shape index (κ2) is 77.2. The van der Waals surface area contributed by atoms with Gasteiger partial charge in [0.15, 0.2) is 30.1 Å². The molecule has 0 radical (unpaired) electrons. The maximum Gasteiger partial charge on any atom is 0.180 e. The molecule has 3 N–H and O–H groups in total. The van der Waals surface area contributed by atoms with Gasteiger partial charge in [-0.05, 0) is 0 Å². The first-order chi connectivity index (χ1) is 15.1. The SMILES string of the molecule is CO.CO.CO.ClC(Cl)Cl.ClC(Cl)Cl.ClC(Cl)Cl.ClC(Cl)Cl.ClC(Cl)Cl.ClC(Cl)Cl.ClC(Cl)Cl. The molecule has 0 bridgehead atoms. The highest BCUT2D eigenvalue weighted by Gasteiger charge is 1.81. The molecule has 0 spiro atoms. The topological polar surface area (TPSA) is 60.7 Å². The number of aliphatic hydroxyl groups excluding tert-OH is 3.